The molecular formula is C55H106O17P2. The fourth-order valence-electron chi connectivity index (χ4n) is 8.04. The van der Waals surface area contributed by atoms with Crippen molar-refractivity contribution in [3.05, 3.63) is 0 Å². The van der Waals surface area contributed by atoms with Crippen LogP contribution in [0.15, 0.2) is 0 Å². The van der Waals surface area contributed by atoms with Crippen molar-refractivity contribution in [3.8, 4) is 0 Å². The van der Waals surface area contributed by atoms with Gasteiger partial charge in [0.2, 0.25) is 0 Å². The molecule has 0 aromatic rings. The van der Waals surface area contributed by atoms with E-state index in [0.717, 1.165) is 109 Å². The van der Waals surface area contributed by atoms with E-state index >= 15 is 0 Å². The van der Waals surface area contributed by atoms with Crippen molar-refractivity contribution in [1.29, 1.82) is 0 Å². The van der Waals surface area contributed by atoms with E-state index in [2.05, 4.69) is 27.7 Å². The zero-order chi connectivity index (χ0) is 54.8. The lowest BCUT2D eigenvalue weighted by Gasteiger charge is -2.21. The van der Waals surface area contributed by atoms with Crippen LogP contribution in [-0.2, 0) is 65.4 Å². The summed E-state index contributed by atoms with van der Waals surface area (Å²) in [6.45, 7) is 4.73. The Labute approximate surface area is 447 Å². The lowest BCUT2D eigenvalue weighted by atomic mass is 10.1. The summed E-state index contributed by atoms with van der Waals surface area (Å²) in [5.41, 5.74) is 0. The third-order valence-corrected chi connectivity index (χ3v) is 14.5. The van der Waals surface area contributed by atoms with E-state index in [-0.39, 0.29) is 25.7 Å². The Balaban J connectivity index is 5.20. The number of carbonyl (C=O) groups is 4. The minimum absolute atomic E-state index is 0.105. The van der Waals surface area contributed by atoms with Crippen LogP contribution < -0.4 is 0 Å². The van der Waals surface area contributed by atoms with Crippen molar-refractivity contribution in [1.82, 2.24) is 0 Å². The summed E-state index contributed by atoms with van der Waals surface area (Å²) in [6, 6.07) is 0. The third-order valence-electron chi connectivity index (χ3n) is 12.6. The molecule has 0 heterocycles. The molecule has 74 heavy (non-hydrogen) atoms. The molecular weight excluding hydrogens is 995 g/mol. The van der Waals surface area contributed by atoms with Crippen LogP contribution in [0.5, 0.6) is 0 Å². The maximum atomic E-state index is 12.9. The number of phosphoric ester groups is 2. The Morgan fingerprint density at radius 1 is 0.324 bits per heavy atom. The SMILES string of the molecule is CCCCCCCCCCCCC(=O)O[C@H](COC(=O)CCCCCCCCCCC)COP(=O)(O)OC[C@@H](O)COP(=O)(O)OC[C@@H](COC(=O)CCCCCCCCC)OC(=O)CCCCCCCCCC. The van der Waals surface area contributed by atoms with Crippen molar-refractivity contribution in [3.63, 3.8) is 0 Å². The smallest absolute Gasteiger partial charge is 0.462 e. The summed E-state index contributed by atoms with van der Waals surface area (Å²) in [7, 11) is -9.85. The quantitative estimate of drug-likeness (QED) is 0.0222. The first-order valence-electron chi connectivity index (χ1n) is 29.3. The Kier molecular flexibility index (Phi) is 49.2. The molecule has 438 valence electrons. The van der Waals surface area contributed by atoms with Gasteiger partial charge in [-0.3, -0.25) is 37.3 Å². The van der Waals surface area contributed by atoms with Gasteiger partial charge in [-0.1, -0.05) is 220 Å². The molecule has 17 nitrogen and oxygen atoms in total. The second-order valence-corrected chi connectivity index (χ2v) is 22.9. The zero-order valence-electron chi connectivity index (χ0n) is 46.8. The van der Waals surface area contributed by atoms with Crippen molar-refractivity contribution >= 4 is 39.5 Å². The van der Waals surface area contributed by atoms with Crippen LogP contribution in [0.3, 0.4) is 0 Å². The van der Waals surface area contributed by atoms with Crippen LogP contribution in [0.2, 0.25) is 0 Å². The van der Waals surface area contributed by atoms with Gasteiger partial charge in [-0.05, 0) is 25.7 Å². The highest BCUT2D eigenvalue weighted by Gasteiger charge is 2.30. The topological polar surface area (TPSA) is 237 Å². The maximum Gasteiger partial charge on any atom is 0.472 e. The zero-order valence-corrected chi connectivity index (χ0v) is 48.6. The fourth-order valence-corrected chi connectivity index (χ4v) is 9.62. The molecule has 5 atom stereocenters. The highest BCUT2D eigenvalue weighted by Crippen LogP contribution is 2.45. The molecule has 3 N–H and O–H groups in total. The van der Waals surface area contributed by atoms with Crippen LogP contribution in [0.25, 0.3) is 0 Å². The average molecular weight is 1100 g/mol. The summed E-state index contributed by atoms with van der Waals surface area (Å²) in [4.78, 5) is 71.5. The second kappa shape index (κ2) is 50.6. The highest BCUT2D eigenvalue weighted by molar-refractivity contribution is 7.47. The molecule has 0 saturated heterocycles. The number of esters is 4. The first-order chi connectivity index (χ1) is 35.7. The lowest BCUT2D eigenvalue weighted by molar-refractivity contribution is -0.161. The normalized spacial score (nSPS) is 14.4. The van der Waals surface area contributed by atoms with Crippen molar-refractivity contribution < 1.29 is 80.2 Å². The third kappa shape index (κ3) is 49.6. The maximum absolute atomic E-state index is 12.9. The predicted molar refractivity (Wildman–Crippen MR) is 289 cm³/mol. The number of hydrogen-bond acceptors (Lipinski definition) is 15. The Morgan fingerprint density at radius 3 is 0.797 bits per heavy atom. The first kappa shape index (κ1) is 72.1. The van der Waals surface area contributed by atoms with Crippen molar-refractivity contribution in [2.45, 2.75) is 290 Å². The first-order valence-corrected chi connectivity index (χ1v) is 32.3. The number of aliphatic hydroxyl groups excluding tert-OH is 1. The van der Waals surface area contributed by atoms with Gasteiger partial charge >= 0.3 is 39.5 Å². The van der Waals surface area contributed by atoms with Crippen LogP contribution in [0.1, 0.15) is 272 Å². The van der Waals surface area contributed by atoms with Gasteiger partial charge in [-0.15, -0.1) is 0 Å². The van der Waals surface area contributed by atoms with Crippen LogP contribution in [0, 0.1) is 0 Å². The van der Waals surface area contributed by atoms with Gasteiger partial charge in [-0.25, -0.2) is 9.13 Å². The molecule has 0 spiro atoms. The van der Waals surface area contributed by atoms with E-state index in [1.165, 1.54) is 83.5 Å². The number of phosphoric acid groups is 2. The van der Waals surface area contributed by atoms with Crippen LogP contribution in [0.4, 0.5) is 0 Å². The minimum Gasteiger partial charge on any atom is -0.462 e. The van der Waals surface area contributed by atoms with E-state index < -0.39 is 97.5 Å². The van der Waals surface area contributed by atoms with E-state index in [9.17, 15) is 43.2 Å². The second-order valence-electron chi connectivity index (χ2n) is 20.0. The predicted octanol–water partition coefficient (Wildman–Crippen LogP) is 14.4. The summed E-state index contributed by atoms with van der Waals surface area (Å²) in [5.74, 6) is -2.15. The molecule has 0 bridgehead atoms. The minimum atomic E-state index is -4.93. The van der Waals surface area contributed by atoms with Crippen LogP contribution in [-0.4, -0.2) is 96.7 Å². The van der Waals surface area contributed by atoms with E-state index in [1.54, 1.807) is 0 Å². The Morgan fingerprint density at radius 2 is 0.541 bits per heavy atom. The van der Waals surface area contributed by atoms with Gasteiger partial charge in [0.15, 0.2) is 12.2 Å². The number of hydrogen-bond donors (Lipinski definition) is 3. The number of unbranched alkanes of at least 4 members (excludes halogenated alkanes) is 30. The molecule has 0 fully saturated rings. The standard InChI is InChI=1S/C55H106O17P2/c1-5-9-13-17-21-24-26-30-34-38-42-55(60)72-51(46-66-53(58)40-36-32-29-25-22-18-14-10-6-2)48-70-74(63,64)68-44-49(56)43-67-73(61,62)69-47-50(45-65-52(57)39-35-31-27-20-16-12-8-4)71-54(59)41-37-33-28-23-19-15-11-7-3/h49-51,56H,5-48H2,1-4H3,(H,61,62)(H,63,64)/t49-,50+,51+/m0/s1. The van der Waals surface area contributed by atoms with Gasteiger partial charge in [0.1, 0.15) is 19.3 Å². The number of ether oxygens (including phenoxy) is 4. The van der Waals surface area contributed by atoms with E-state index in [4.69, 9.17) is 37.0 Å². The fraction of sp³-hybridized carbons (Fsp3) is 0.927. The molecule has 0 radical (unpaired) electrons. The Hall–Kier alpha value is -1.94. The molecule has 0 saturated carbocycles. The lowest BCUT2D eigenvalue weighted by Crippen LogP contribution is -2.30. The van der Waals surface area contributed by atoms with Gasteiger partial charge in [0, 0.05) is 25.7 Å². The van der Waals surface area contributed by atoms with Gasteiger partial charge < -0.3 is 33.8 Å². The molecule has 0 rings (SSSR count). The summed E-state index contributed by atoms with van der Waals surface area (Å²) in [5, 5.41) is 10.5. The van der Waals surface area contributed by atoms with Gasteiger partial charge in [0.05, 0.1) is 26.4 Å². The Bertz CT molecular complexity index is 1450. The number of carbonyl (C=O) groups excluding carboxylic acids is 4. The molecule has 0 amide bonds. The molecule has 0 aliphatic rings. The molecule has 19 heteroatoms. The number of rotatable bonds is 56. The summed E-state index contributed by atoms with van der Waals surface area (Å²) >= 11 is 0. The summed E-state index contributed by atoms with van der Waals surface area (Å²) in [6.07, 6.45) is 32.2. The summed E-state index contributed by atoms with van der Waals surface area (Å²) < 4.78 is 67.4. The molecule has 0 aliphatic carbocycles. The van der Waals surface area contributed by atoms with E-state index in [1.807, 2.05) is 0 Å². The number of aliphatic hydroxyl groups is 1. The monoisotopic (exact) mass is 1100 g/mol. The van der Waals surface area contributed by atoms with Crippen LogP contribution >= 0.6 is 15.6 Å². The average Bonchev–Trinajstić information content (AvgIpc) is 3.37. The molecule has 2 unspecified atom stereocenters. The largest absolute Gasteiger partial charge is 0.472 e. The molecule has 0 aromatic carbocycles. The molecule has 0 aromatic heterocycles. The molecule has 0 aliphatic heterocycles. The van der Waals surface area contributed by atoms with Crippen molar-refractivity contribution in [2.75, 3.05) is 39.6 Å². The van der Waals surface area contributed by atoms with E-state index in [0.29, 0.717) is 25.7 Å². The van der Waals surface area contributed by atoms with Gasteiger partial charge in [0.25, 0.3) is 0 Å². The van der Waals surface area contributed by atoms with Crippen molar-refractivity contribution in [2.24, 2.45) is 0 Å². The van der Waals surface area contributed by atoms with Gasteiger partial charge in [-0.2, -0.15) is 0 Å². The highest BCUT2D eigenvalue weighted by atomic mass is 31.2.